The van der Waals surface area contributed by atoms with Crippen LogP contribution in [0.4, 0.5) is 4.39 Å². The molecule has 0 radical (unpaired) electrons. The van der Waals surface area contributed by atoms with E-state index in [-0.39, 0.29) is 17.6 Å². The number of piperazine rings is 1. The number of benzene rings is 2. The van der Waals surface area contributed by atoms with Crippen LogP contribution >= 0.6 is 0 Å². The van der Waals surface area contributed by atoms with Crippen LogP contribution in [0.2, 0.25) is 0 Å². The Hall–Kier alpha value is -2.99. The molecule has 2 aromatic rings. The highest BCUT2D eigenvalue weighted by molar-refractivity contribution is 5.94. The molecule has 2 bridgehead atoms. The van der Waals surface area contributed by atoms with Crippen LogP contribution < -0.4 is 0 Å². The molecule has 0 aromatic heterocycles. The summed E-state index contributed by atoms with van der Waals surface area (Å²) in [6.07, 6.45) is 5.20. The number of fused-ring (bicyclic) bond motifs is 1. The zero-order chi connectivity index (χ0) is 26.0. The van der Waals surface area contributed by atoms with Crippen LogP contribution in [-0.2, 0) is 11.2 Å². The molecule has 0 spiro atoms. The Balaban J connectivity index is 1.19. The summed E-state index contributed by atoms with van der Waals surface area (Å²) in [5.74, 6) is 1.15. The van der Waals surface area contributed by atoms with E-state index in [9.17, 15) is 14.0 Å². The van der Waals surface area contributed by atoms with Crippen LogP contribution in [0.25, 0.3) is 0 Å². The Morgan fingerprint density at radius 2 is 1.70 bits per heavy atom. The molecule has 6 heteroatoms. The molecule has 2 amide bonds. The minimum Gasteiger partial charge on any atom is -0.337 e. The summed E-state index contributed by atoms with van der Waals surface area (Å²) in [4.78, 5) is 32.5. The van der Waals surface area contributed by atoms with Crippen LogP contribution in [0.1, 0.15) is 42.6 Å². The molecule has 2 fully saturated rings. The summed E-state index contributed by atoms with van der Waals surface area (Å²) in [7, 11) is 0. The lowest BCUT2D eigenvalue weighted by molar-refractivity contribution is -0.130. The molecule has 1 heterocycles. The minimum atomic E-state index is -0.336. The number of carbonyl (C=O) groups excluding carboxylic acids is 2. The van der Waals surface area contributed by atoms with Gasteiger partial charge in [0.05, 0.1) is 6.42 Å². The molecule has 37 heavy (non-hydrogen) atoms. The predicted molar refractivity (Wildman–Crippen MR) is 144 cm³/mol. The van der Waals surface area contributed by atoms with E-state index in [1.165, 1.54) is 24.1 Å². The number of hydrogen-bond donors (Lipinski definition) is 0. The van der Waals surface area contributed by atoms with E-state index in [2.05, 4.69) is 29.7 Å². The number of nitrogens with zero attached hydrogens (tertiary/aromatic N) is 3. The molecule has 4 aliphatic rings. The highest BCUT2D eigenvalue weighted by Gasteiger charge is 2.51. The third kappa shape index (κ3) is 5.64. The standard InChI is InChI=1S/C31H38FN3O2/c1-31(2)26-11-8-25(28(31)21-26)22-35(29(36)20-23-6-4-3-5-7-23)19-16-33-14-17-34(18-15-33)30(37)24-9-12-27(32)13-10-24/h3-10,12-13,26,28H,11,14-22H2,1-2H3. The molecular formula is C31H38FN3O2. The summed E-state index contributed by atoms with van der Waals surface area (Å²) >= 11 is 0. The van der Waals surface area contributed by atoms with Gasteiger partial charge in [-0.2, -0.15) is 0 Å². The quantitative estimate of drug-likeness (QED) is 0.493. The summed E-state index contributed by atoms with van der Waals surface area (Å²) in [6.45, 7) is 9.77. The monoisotopic (exact) mass is 503 g/mol. The zero-order valence-electron chi connectivity index (χ0n) is 22.0. The Morgan fingerprint density at radius 3 is 2.35 bits per heavy atom. The van der Waals surface area contributed by atoms with E-state index < -0.39 is 0 Å². The van der Waals surface area contributed by atoms with E-state index in [1.54, 1.807) is 12.1 Å². The van der Waals surface area contributed by atoms with Crippen LogP contribution in [0.15, 0.2) is 66.2 Å². The first-order chi connectivity index (χ1) is 17.8. The smallest absolute Gasteiger partial charge is 0.253 e. The molecule has 2 unspecified atom stereocenters. The van der Waals surface area contributed by atoms with Crippen molar-refractivity contribution in [1.82, 2.24) is 14.7 Å². The lowest BCUT2D eigenvalue weighted by Crippen LogP contribution is -2.52. The Bertz CT molecular complexity index is 1140. The maximum Gasteiger partial charge on any atom is 0.253 e. The van der Waals surface area contributed by atoms with Gasteiger partial charge < -0.3 is 9.80 Å². The highest BCUT2D eigenvalue weighted by Crippen LogP contribution is 2.59. The lowest BCUT2D eigenvalue weighted by Gasteiger charge is -2.57. The number of halogens is 1. The summed E-state index contributed by atoms with van der Waals surface area (Å²) in [5, 5.41) is 0. The number of rotatable bonds is 8. The van der Waals surface area contributed by atoms with Crippen LogP contribution in [0, 0.1) is 23.1 Å². The zero-order valence-corrected chi connectivity index (χ0v) is 22.0. The number of carbonyl (C=O) groups is 2. The van der Waals surface area contributed by atoms with Gasteiger partial charge in [-0.05, 0) is 59.9 Å². The van der Waals surface area contributed by atoms with Gasteiger partial charge in [0.25, 0.3) is 5.91 Å². The van der Waals surface area contributed by atoms with Crippen molar-refractivity contribution in [1.29, 1.82) is 0 Å². The topological polar surface area (TPSA) is 43.9 Å². The molecule has 5 nitrogen and oxygen atoms in total. The molecule has 2 aromatic carbocycles. The average molecular weight is 504 g/mol. The van der Waals surface area contributed by atoms with Crippen LogP contribution in [0.3, 0.4) is 0 Å². The predicted octanol–water partition coefficient (Wildman–Crippen LogP) is 4.65. The fourth-order valence-corrected chi connectivity index (χ4v) is 6.26. The van der Waals surface area contributed by atoms with Crippen LogP contribution in [-0.4, -0.2) is 72.3 Å². The van der Waals surface area contributed by atoms with Crippen molar-refractivity contribution in [2.24, 2.45) is 17.3 Å². The Labute approximate surface area is 219 Å². The van der Waals surface area contributed by atoms with Crippen molar-refractivity contribution >= 4 is 11.8 Å². The van der Waals surface area contributed by atoms with Gasteiger partial charge in [-0.15, -0.1) is 0 Å². The van der Waals surface area contributed by atoms with Crippen molar-refractivity contribution < 1.29 is 14.0 Å². The lowest BCUT2D eigenvalue weighted by atomic mass is 9.49. The van der Waals surface area contributed by atoms with E-state index in [0.29, 0.717) is 43.0 Å². The number of hydrogen-bond acceptors (Lipinski definition) is 3. The van der Waals surface area contributed by atoms with Crippen LogP contribution in [0.5, 0.6) is 0 Å². The molecular weight excluding hydrogens is 465 g/mol. The normalized spacial score (nSPS) is 22.7. The molecule has 0 N–H and O–H groups in total. The van der Waals surface area contributed by atoms with E-state index in [1.807, 2.05) is 35.2 Å². The molecule has 1 saturated carbocycles. The Kier molecular flexibility index (Phi) is 7.47. The minimum absolute atomic E-state index is 0.0510. The van der Waals surface area contributed by atoms with Gasteiger partial charge in [0.2, 0.25) is 5.91 Å². The SMILES string of the molecule is CC1(C)C2CC=C(CN(CCN3CCN(C(=O)c4ccc(F)cc4)CC3)C(=O)Cc3ccccc3)C1C2. The van der Waals surface area contributed by atoms with Gasteiger partial charge in [-0.3, -0.25) is 14.5 Å². The maximum atomic E-state index is 13.5. The summed E-state index contributed by atoms with van der Waals surface area (Å²) < 4.78 is 13.2. The molecule has 6 rings (SSSR count). The van der Waals surface area contributed by atoms with Gasteiger partial charge in [0.1, 0.15) is 5.82 Å². The van der Waals surface area contributed by atoms with Gasteiger partial charge in [0.15, 0.2) is 0 Å². The first-order valence-corrected chi connectivity index (χ1v) is 13.6. The number of allylic oxidation sites excluding steroid dienone is 1. The average Bonchev–Trinajstić information content (AvgIpc) is 2.92. The van der Waals surface area contributed by atoms with Gasteiger partial charge >= 0.3 is 0 Å². The second-order valence-electron chi connectivity index (χ2n) is 11.4. The first kappa shape index (κ1) is 25.7. The number of amides is 2. The van der Waals surface area contributed by atoms with Crippen molar-refractivity contribution in [3.8, 4) is 0 Å². The largest absolute Gasteiger partial charge is 0.337 e. The van der Waals surface area contributed by atoms with Crippen molar-refractivity contribution in [2.45, 2.75) is 33.1 Å². The molecule has 196 valence electrons. The third-order valence-corrected chi connectivity index (χ3v) is 8.94. The van der Waals surface area contributed by atoms with Crippen molar-refractivity contribution in [3.63, 3.8) is 0 Å². The fourth-order valence-electron chi connectivity index (χ4n) is 6.26. The molecule has 3 aliphatic carbocycles. The van der Waals surface area contributed by atoms with Gasteiger partial charge in [-0.25, -0.2) is 4.39 Å². The maximum absolute atomic E-state index is 13.5. The molecule has 2 atom stereocenters. The van der Waals surface area contributed by atoms with Gasteiger partial charge in [0, 0.05) is 51.4 Å². The second kappa shape index (κ2) is 10.8. The van der Waals surface area contributed by atoms with Crippen molar-refractivity contribution in [2.75, 3.05) is 45.8 Å². The summed E-state index contributed by atoms with van der Waals surface area (Å²) in [6, 6.07) is 15.8. The Morgan fingerprint density at radius 1 is 1.00 bits per heavy atom. The van der Waals surface area contributed by atoms with E-state index in [4.69, 9.17) is 0 Å². The second-order valence-corrected chi connectivity index (χ2v) is 11.4. The highest BCUT2D eigenvalue weighted by atomic mass is 19.1. The van der Waals surface area contributed by atoms with E-state index >= 15 is 0 Å². The first-order valence-electron chi connectivity index (χ1n) is 13.6. The molecule has 1 saturated heterocycles. The third-order valence-electron chi connectivity index (χ3n) is 8.94. The summed E-state index contributed by atoms with van der Waals surface area (Å²) in [5.41, 5.74) is 3.34. The molecule has 1 aliphatic heterocycles. The fraction of sp³-hybridized carbons (Fsp3) is 0.484. The van der Waals surface area contributed by atoms with Crippen molar-refractivity contribution in [3.05, 3.63) is 83.2 Å². The van der Waals surface area contributed by atoms with Gasteiger partial charge in [-0.1, -0.05) is 55.8 Å². The van der Waals surface area contributed by atoms with E-state index in [0.717, 1.165) is 44.1 Å².